The van der Waals surface area contributed by atoms with Crippen LogP contribution >= 0.6 is 0 Å². The monoisotopic (exact) mass is 257 g/mol. The van der Waals surface area contributed by atoms with Crippen molar-refractivity contribution in [2.24, 2.45) is 0 Å². The minimum atomic E-state index is -2.78. The Labute approximate surface area is 101 Å². The number of carbonyl (C=O) groups is 2. The first-order chi connectivity index (χ1) is 8.08. The van der Waals surface area contributed by atoms with Crippen LogP contribution in [0.4, 0.5) is 0 Å². The molecule has 0 unspecified atom stereocenters. The van der Waals surface area contributed by atoms with Gasteiger partial charge in [0.15, 0.2) is 0 Å². The Kier molecular flexibility index (Phi) is 4.76. The maximum absolute atomic E-state index is 11.3. The fourth-order valence-electron chi connectivity index (χ4n) is 1.37. The predicted molar refractivity (Wildman–Crippen MR) is 61.8 cm³/mol. The highest BCUT2D eigenvalue weighted by molar-refractivity contribution is 6.66. The lowest BCUT2D eigenvalue weighted by atomic mass is 10.5. The highest BCUT2D eigenvalue weighted by Crippen LogP contribution is 2.09. The van der Waals surface area contributed by atoms with E-state index in [1.165, 1.54) is 33.5 Å². The molecule has 17 heavy (non-hydrogen) atoms. The number of hydrogen-bond donors (Lipinski definition) is 0. The lowest BCUT2D eigenvalue weighted by molar-refractivity contribution is -0.136. The second-order valence-corrected chi connectivity index (χ2v) is 6.00. The van der Waals surface area contributed by atoms with E-state index in [-0.39, 0.29) is 18.4 Å². The largest absolute Gasteiger partial charge is 0.528 e. The minimum Gasteiger partial charge on any atom is -0.374 e. The van der Waals surface area contributed by atoms with Gasteiger partial charge in [-0.1, -0.05) is 6.08 Å². The lowest BCUT2D eigenvalue weighted by Gasteiger charge is -2.20. The van der Waals surface area contributed by atoms with Crippen LogP contribution in [0.15, 0.2) is 23.9 Å². The summed E-state index contributed by atoms with van der Waals surface area (Å²) < 4.78 is 15.5. The SMILES string of the molecule is CO[Si](/C=C/CN1C(=O)C=CC1=O)(OC)OC. The summed E-state index contributed by atoms with van der Waals surface area (Å²) >= 11 is 0. The quantitative estimate of drug-likeness (QED) is 0.490. The molecule has 0 saturated heterocycles. The first-order valence-electron chi connectivity index (χ1n) is 4.95. The van der Waals surface area contributed by atoms with Gasteiger partial charge < -0.3 is 13.3 Å². The van der Waals surface area contributed by atoms with Gasteiger partial charge >= 0.3 is 8.80 Å². The summed E-state index contributed by atoms with van der Waals surface area (Å²) in [5.74, 6) is -0.640. The molecule has 0 aliphatic carbocycles. The van der Waals surface area contributed by atoms with Gasteiger partial charge in [0.1, 0.15) is 0 Å². The van der Waals surface area contributed by atoms with Crippen LogP contribution in [0.1, 0.15) is 0 Å². The third kappa shape index (κ3) is 3.10. The number of rotatable bonds is 6. The first kappa shape index (κ1) is 13.8. The average Bonchev–Trinajstić information content (AvgIpc) is 2.66. The topological polar surface area (TPSA) is 65.1 Å². The van der Waals surface area contributed by atoms with E-state index in [0.717, 1.165) is 4.90 Å². The Balaban J connectivity index is 2.60. The summed E-state index contributed by atoms with van der Waals surface area (Å²) in [4.78, 5) is 23.6. The third-order valence-electron chi connectivity index (χ3n) is 2.36. The van der Waals surface area contributed by atoms with Crippen LogP contribution in [0.3, 0.4) is 0 Å². The van der Waals surface area contributed by atoms with E-state index in [1.54, 1.807) is 11.8 Å². The van der Waals surface area contributed by atoms with Crippen molar-refractivity contribution >= 4 is 20.6 Å². The van der Waals surface area contributed by atoms with Crippen LogP contribution in [0, 0.1) is 0 Å². The lowest BCUT2D eigenvalue weighted by Crippen LogP contribution is -2.41. The Morgan fingerprint density at radius 2 is 1.59 bits per heavy atom. The Bertz CT molecular complexity index is 335. The highest BCUT2D eigenvalue weighted by atomic mass is 28.4. The predicted octanol–water partition coefficient (Wildman–Crippen LogP) is -0.115. The van der Waals surface area contributed by atoms with Crippen LogP contribution < -0.4 is 0 Å². The van der Waals surface area contributed by atoms with Crippen molar-refractivity contribution in [1.29, 1.82) is 0 Å². The summed E-state index contributed by atoms with van der Waals surface area (Å²) in [6.07, 6.45) is 4.11. The molecule has 0 aromatic rings. The number of amides is 2. The molecule has 0 spiro atoms. The molecule has 6 nitrogen and oxygen atoms in total. The van der Waals surface area contributed by atoms with Crippen LogP contribution in [-0.4, -0.2) is 53.4 Å². The molecule has 1 aliphatic rings. The van der Waals surface area contributed by atoms with E-state index in [1.807, 2.05) is 0 Å². The van der Waals surface area contributed by atoms with Crippen molar-refractivity contribution in [3.63, 3.8) is 0 Å². The zero-order valence-corrected chi connectivity index (χ0v) is 11.0. The number of nitrogens with zero attached hydrogens (tertiary/aromatic N) is 1. The third-order valence-corrected chi connectivity index (χ3v) is 4.72. The second kappa shape index (κ2) is 5.87. The van der Waals surface area contributed by atoms with Gasteiger partial charge in [-0.15, -0.1) is 0 Å². The minimum absolute atomic E-state index is 0.176. The summed E-state index contributed by atoms with van der Waals surface area (Å²) in [5, 5.41) is 0. The van der Waals surface area contributed by atoms with Crippen molar-refractivity contribution in [2.45, 2.75) is 0 Å². The van der Waals surface area contributed by atoms with Gasteiger partial charge in [0.05, 0.1) is 0 Å². The molecule has 7 heteroatoms. The van der Waals surface area contributed by atoms with Gasteiger partial charge in [-0.25, -0.2) is 0 Å². The van der Waals surface area contributed by atoms with E-state index in [0.29, 0.717) is 0 Å². The van der Waals surface area contributed by atoms with Crippen molar-refractivity contribution in [2.75, 3.05) is 27.9 Å². The van der Waals surface area contributed by atoms with Gasteiger partial charge in [0, 0.05) is 40.0 Å². The van der Waals surface area contributed by atoms with Crippen LogP contribution in [0.2, 0.25) is 0 Å². The smallest absolute Gasteiger partial charge is 0.374 e. The molecule has 0 radical (unpaired) electrons. The van der Waals surface area contributed by atoms with Gasteiger partial charge in [-0.05, 0) is 5.70 Å². The molecule has 2 amide bonds. The fraction of sp³-hybridized carbons (Fsp3) is 0.400. The standard InChI is InChI=1S/C10H15NO5Si/c1-14-17(15-2,16-3)8-4-7-11-9(12)5-6-10(11)13/h4-6,8H,7H2,1-3H3/b8-4+. The Morgan fingerprint density at radius 3 is 2.00 bits per heavy atom. The number of imide groups is 1. The number of hydrogen-bond acceptors (Lipinski definition) is 5. The molecule has 1 heterocycles. The number of carbonyl (C=O) groups excluding carboxylic acids is 2. The Hall–Kier alpha value is -1.28. The fourth-order valence-corrected chi connectivity index (χ4v) is 2.67. The molecule has 0 atom stereocenters. The zero-order chi connectivity index (χ0) is 12.9. The van der Waals surface area contributed by atoms with Gasteiger partial charge in [-0.3, -0.25) is 14.5 Å². The summed E-state index contributed by atoms with van der Waals surface area (Å²) in [6.45, 7) is 0.176. The van der Waals surface area contributed by atoms with E-state index in [4.69, 9.17) is 13.3 Å². The second-order valence-electron chi connectivity index (χ2n) is 3.24. The average molecular weight is 257 g/mol. The molecule has 0 aromatic carbocycles. The molecular formula is C10H15NO5Si. The van der Waals surface area contributed by atoms with Gasteiger partial charge in [-0.2, -0.15) is 0 Å². The van der Waals surface area contributed by atoms with Gasteiger partial charge in [0.25, 0.3) is 11.8 Å². The maximum Gasteiger partial charge on any atom is 0.528 e. The molecular weight excluding hydrogens is 242 g/mol. The normalized spacial score (nSPS) is 16.5. The Morgan fingerprint density at radius 1 is 1.12 bits per heavy atom. The van der Waals surface area contributed by atoms with Crippen LogP contribution in [-0.2, 0) is 22.9 Å². The van der Waals surface area contributed by atoms with E-state index in [9.17, 15) is 9.59 Å². The molecule has 0 N–H and O–H groups in total. The molecule has 0 aromatic heterocycles. The van der Waals surface area contributed by atoms with Crippen LogP contribution in [0.5, 0.6) is 0 Å². The van der Waals surface area contributed by atoms with E-state index < -0.39 is 8.80 Å². The van der Waals surface area contributed by atoms with Crippen molar-refractivity contribution in [1.82, 2.24) is 4.90 Å². The van der Waals surface area contributed by atoms with E-state index >= 15 is 0 Å². The first-order valence-corrected chi connectivity index (χ1v) is 6.75. The summed E-state index contributed by atoms with van der Waals surface area (Å²) in [6, 6.07) is 0. The molecule has 0 saturated carbocycles. The molecule has 0 bridgehead atoms. The van der Waals surface area contributed by atoms with Gasteiger partial charge in [0.2, 0.25) is 0 Å². The molecule has 1 aliphatic heterocycles. The van der Waals surface area contributed by atoms with E-state index in [2.05, 4.69) is 0 Å². The molecule has 94 valence electrons. The molecule has 1 rings (SSSR count). The summed E-state index contributed by atoms with van der Waals surface area (Å²) in [7, 11) is 1.67. The molecule has 0 fully saturated rings. The summed E-state index contributed by atoms with van der Waals surface area (Å²) in [5.41, 5.74) is 1.63. The van der Waals surface area contributed by atoms with Crippen molar-refractivity contribution in [3.05, 3.63) is 23.9 Å². The van der Waals surface area contributed by atoms with Crippen molar-refractivity contribution in [3.8, 4) is 0 Å². The zero-order valence-electron chi connectivity index (χ0n) is 10.0. The maximum atomic E-state index is 11.3. The highest BCUT2D eigenvalue weighted by Gasteiger charge is 2.34. The van der Waals surface area contributed by atoms with Crippen molar-refractivity contribution < 1.29 is 22.9 Å². The van der Waals surface area contributed by atoms with Crippen LogP contribution in [0.25, 0.3) is 0 Å².